The minimum atomic E-state index is -0.789. The predicted molar refractivity (Wildman–Crippen MR) is 75.6 cm³/mol. The number of nitrogens with zero attached hydrogens (tertiary/aromatic N) is 2. The van der Waals surface area contributed by atoms with Crippen LogP contribution in [-0.4, -0.2) is 66.8 Å². The van der Waals surface area contributed by atoms with Crippen LogP contribution in [0, 0.1) is 11.8 Å². The van der Waals surface area contributed by atoms with Crippen molar-refractivity contribution in [3.05, 3.63) is 0 Å². The molecule has 0 aromatic heterocycles. The molecule has 0 saturated carbocycles. The van der Waals surface area contributed by atoms with E-state index >= 15 is 0 Å². The van der Waals surface area contributed by atoms with Crippen molar-refractivity contribution in [2.24, 2.45) is 11.8 Å². The first-order valence-corrected chi connectivity index (χ1v) is 7.18. The third-order valence-electron chi connectivity index (χ3n) is 3.44. The molecule has 6 heteroatoms. The minimum Gasteiger partial charge on any atom is -0.481 e. The van der Waals surface area contributed by atoms with E-state index in [2.05, 4.69) is 13.8 Å². The molecule has 0 bridgehead atoms. The number of carboxylic acid groups (broad SMARTS) is 1. The van der Waals surface area contributed by atoms with Crippen molar-refractivity contribution in [2.75, 3.05) is 39.9 Å². The largest absolute Gasteiger partial charge is 0.481 e. The molecule has 1 unspecified atom stereocenters. The lowest BCUT2D eigenvalue weighted by Gasteiger charge is -2.29. The van der Waals surface area contributed by atoms with E-state index in [1.165, 1.54) is 0 Å². The molecule has 0 radical (unpaired) electrons. The van der Waals surface area contributed by atoms with Crippen molar-refractivity contribution in [2.45, 2.75) is 26.7 Å². The lowest BCUT2D eigenvalue weighted by atomic mass is 10.1. The van der Waals surface area contributed by atoms with Crippen molar-refractivity contribution in [3.63, 3.8) is 0 Å². The van der Waals surface area contributed by atoms with Crippen LogP contribution in [0.15, 0.2) is 0 Å². The van der Waals surface area contributed by atoms with Crippen molar-refractivity contribution >= 4 is 12.0 Å². The number of aliphatic carboxylic acids is 1. The number of rotatable bonds is 7. The topological polar surface area (TPSA) is 70.1 Å². The normalized spacial score (nSPS) is 18.6. The van der Waals surface area contributed by atoms with Gasteiger partial charge in [0.05, 0.1) is 6.61 Å². The van der Waals surface area contributed by atoms with E-state index in [9.17, 15) is 9.59 Å². The Morgan fingerprint density at radius 3 is 2.70 bits per heavy atom. The highest BCUT2D eigenvalue weighted by Crippen LogP contribution is 2.21. The maximum absolute atomic E-state index is 12.5. The highest BCUT2D eigenvalue weighted by molar-refractivity contribution is 5.75. The van der Waals surface area contributed by atoms with Crippen LogP contribution in [-0.2, 0) is 9.53 Å². The van der Waals surface area contributed by atoms with Crippen molar-refractivity contribution in [1.82, 2.24) is 9.80 Å². The Bertz CT molecular complexity index is 333. The fourth-order valence-electron chi connectivity index (χ4n) is 2.53. The van der Waals surface area contributed by atoms with Gasteiger partial charge in [-0.15, -0.1) is 0 Å². The van der Waals surface area contributed by atoms with Crippen molar-refractivity contribution < 1.29 is 19.4 Å². The lowest BCUT2D eigenvalue weighted by Crippen LogP contribution is -2.45. The number of carbonyl (C=O) groups is 2. The van der Waals surface area contributed by atoms with E-state index in [1.807, 2.05) is 0 Å². The van der Waals surface area contributed by atoms with Gasteiger partial charge in [-0.05, 0) is 18.3 Å². The summed E-state index contributed by atoms with van der Waals surface area (Å²) in [4.78, 5) is 26.8. The van der Waals surface area contributed by atoms with Crippen molar-refractivity contribution in [3.8, 4) is 0 Å². The molecule has 1 atom stereocenters. The summed E-state index contributed by atoms with van der Waals surface area (Å²) in [7, 11) is 1.62. The van der Waals surface area contributed by atoms with E-state index in [1.54, 1.807) is 16.9 Å². The van der Waals surface area contributed by atoms with Crippen LogP contribution in [0.4, 0.5) is 4.79 Å². The number of hydrogen-bond acceptors (Lipinski definition) is 3. The Kier molecular flexibility index (Phi) is 6.78. The number of hydrogen-bond donors (Lipinski definition) is 1. The smallest absolute Gasteiger partial charge is 0.320 e. The second-order valence-corrected chi connectivity index (χ2v) is 5.81. The monoisotopic (exact) mass is 286 g/mol. The number of urea groups is 1. The fourth-order valence-corrected chi connectivity index (χ4v) is 2.53. The molecule has 1 aliphatic rings. The molecule has 0 aromatic rings. The average Bonchev–Trinajstić information content (AvgIpc) is 2.80. The van der Waals surface area contributed by atoms with Gasteiger partial charge in [-0.3, -0.25) is 4.79 Å². The summed E-state index contributed by atoms with van der Waals surface area (Å²) in [5, 5.41) is 8.81. The molecule has 1 rings (SSSR count). The number of ether oxygens (including phenoxy) is 1. The summed E-state index contributed by atoms with van der Waals surface area (Å²) >= 11 is 0. The molecule has 6 nitrogen and oxygen atoms in total. The quantitative estimate of drug-likeness (QED) is 0.770. The maximum Gasteiger partial charge on any atom is 0.320 e. The predicted octanol–water partition coefficient (Wildman–Crippen LogP) is 1.51. The third kappa shape index (κ3) is 5.36. The van der Waals surface area contributed by atoms with Crippen LogP contribution < -0.4 is 0 Å². The molecule has 1 heterocycles. The van der Waals surface area contributed by atoms with E-state index < -0.39 is 5.97 Å². The molecule has 1 N–H and O–H groups in total. The summed E-state index contributed by atoms with van der Waals surface area (Å²) < 4.78 is 5.05. The second-order valence-electron chi connectivity index (χ2n) is 5.81. The summed E-state index contributed by atoms with van der Waals surface area (Å²) in [6, 6.07) is 0.00337. The number of carbonyl (C=O) groups excluding carboxylic acids is 1. The van der Waals surface area contributed by atoms with Gasteiger partial charge in [-0.1, -0.05) is 13.8 Å². The molecule has 20 heavy (non-hydrogen) atoms. The number of carboxylic acids is 1. The van der Waals surface area contributed by atoms with Gasteiger partial charge in [0.2, 0.25) is 0 Å². The van der Waals surface area contributed by atoms with Crippen molar-refractivity contribution in [1.29, 1.82) is 0 Å². The van der Waals surface area contributed by atoms with Gasteiger partial charge in [0, 0.05) is 39.7 Å². The molecule has 0 aliphatic carbocycles. The summed E-state index contributed by atoms with van der Waals surface area (Å²) in [5.74, 6) is -0.310. The van der Waals surface area contributed by atoms with Crippen LogP contribution in [0.5, 0.6) is 0 Å². The molecule has 1 saturated heterocycles. The van der Waals surface area contributed by atoms with Gasteiger partial charge in [-0.25, -0.2) is 4.79 Å². The van der Waals surface area contributed by atoms with E-state index in [-0.39, 0.29) is 18.4 Å². The Morgan fingerprint density at radius 1 is 1.45 bits per heavy atom. The SMILES string of the molecule is COCCN(CC(C)C)C(=O)N1CCC(CC(=O)O)C1. The van der Waals surface area contributed by atoms with Gasteiger partial charge in [0.15, 0.2) is 0 Å². The number of methoxy groups -OCH3 is 1. The van der Waals surface area contributed by atoms with Crippen LogP contribution in [0.1, 0.15) is 26.7 Å². The lowest BCUT2D eigenvalue weighted by molar-refractivity contribution is -0.138. The van der Waals surface area contributed by atoms with Gasteiger partial charge >= 0.3 is 12.0 Å². The Balaban J connectivity index is 2.54. The molecule has 2 amide bonds. The zero-order chi connectivity index (χ0) is 15.1. The minimum absolute atomic E-state index is 0.00337. The average molecular weight is 286 g/mol. The van der Waals surface area contributed by atoms with E-state index in [4.69, 9.17) is 9.84 Å². The summed E-state index contributed by atoms with van der Waals surface area (Å²) in [6.07, 6.45) is 0.921. The van der Waals surface area contributed by atoms with E-state index in [0.29, 0.717) is 38.7 Å². The van der Waals surface area contributed by atoms with Crippen LogP contribution in [0.3, 0.4) is 0 Å². The zero-order valence-corrected chi connectivity index (χ0v) is 12.7. The maximum atomic E-state index is 12.5. The highest BCUT2D eigenvalue weighted by atomic mass is 16.5. The molecule has 1 fully saturated rings. The standard InChI is InChI=1S/C14H26N2O4/c1-11(2)9-16(6-7-20-3)14(19)15-5-4-12(10-15)8-13(17)18/h11-12H,4-10H2,1-3H3,(H,17,18). The highest BCUT2D eigenvalue weighted by Gasteiger charge is 2.30. The van der Waals surface area contributed by atoms with Gasteiger partial charge < -0.3 is 19.6 Å². The van der Waals surface area contributed by atoms with E-state index in [0.717, 1.165) is 6.42 Å². The molecular weight excluding hydrogens is 260 g/mol. The summed E-state index contributed by atoms with van der Waals surface area (Å²) in [5.41, 5.74) is 0. The first-order valence-electron chi connectivity index (χ1n) is 7.18. The Labute approximate surface area is 120 Å². The fraction of sp³-hybridized carbons (Fsp3) is 0.857. The van der Waals surface area contributed by atoms with Gasteiger partial charge in [-0.2, -0.15) is 0 Å². The number of amides is 2. The van der Waals surface area contributed by atoms with Crippen LogP contribution in [0.25, 0.3) is 0 Å². The first-order chi connectivity index (χ1) is 9.43. The number of likely N-dealkylation sites (tertiary alicyclic amines) is 1. The van der Waals surface area contributed by atoms with Crippen LogP contribution >= 0.6 is 0 Å². The molecule has 0 aromatic carbocycles. The zero-order valence-electron chi connectivity index (χ0n) is 12.7. The molecular formula is C14H26N2O4. The molecule has 0 spiro atoms. The second kappa shape index (κ2) is 8.09. The summed E-state index contributed by atoms with van der Waals surface area (Å²) in [6.45, 7) is 7.14. The third-order valence-corrected chi connectivity index (χ3v) is 3.44. The Hall–Kier alpha value is -1.30. The first kappa shape index (κ1) is 16.8. The van der Waals surface area contributed by atoms with Crippen LogP contribution in [0.2, 0.25) is 0 Å². The molecule has 116 valence electrons. The Morgan fingerprint density at radius 2 is 2.15 bits per heavy atom. The van der Waals surface area contributed by atoms with Gasteiger partial charge in [0.25, 0.3) is 0 Å². The van der Waals surface area contributed by atoms with Gasteiger partial charge in [0.1, 0.15) is 0 Å². The molecule has 1 aliphatic heterocycles.